The molecule has 1 unspecified atom stereocenters. The average molecular weight is 412 g/mol. The van der Waals surface area contributed by atoms with Crippen LogP contribution in [0.25, 0.3) is 10.9 Å². The third kappa shape index (κ3) is 3.80. The van der Waals surface area contributed by atoms with Crippen LogP contribution < -0.4 is 10.6 Å². The second kappa shape index (κ2) is 8.28. The van der Waals surface area contributed by atoms with E-state index in [4.69, 9.17) is 0 Å². The number of para-hydroxylation sites is 1. The van der Waals surface area contributed by atoms with Crippen LogP contribution in [0.15, 0.2) is 85.1 Å². The molecule has 1 aliphatic rings. The minimum absolute atomic E-state index is 0.00360. The van der Waals surface area contributed by atoms with E-state index in [1.165, 1.54) is 0 Å². The number of carbonyl (C=O) groups is 1. The third-order valence-corrected chi connectivity index (χ3v) is 6.16. The molecule has 1 aromatic heterocycles. The van der Waals surface area contributed by atoms with Gasteiger partial charge in [0, 0.05) is 36.0 Å². The van der Waals surface area contributed by atoms with Gasteiger partial charge in [-0.05, 0) is 28.3 Å². The molecule has 0 spiro atoms. The van der Waals surface area contributed by atoms with Crippen LogP contribution in [0.4, 0.5) is 4.79 Å². The fraction of sp³-hybridized carbons (Fsp3) is 0.192. The topological polar surface area (TPSA) is 77.2 Å². The number of hydrogen-bond acceptors (Lipinski definition) is 2. The molecule has 0 aliphatic heterocycles. The van der Waals surface area contributed by atoms with Crippen molar-refractivity contribution in [3.63, 3.8) is 0 Å². The molecule has 31 heavy (non-hydrogen) atoms. The fourth-order valence-corrected chi connectivity index (χ4v) is 4.61. The molecule has 5 nitrogen and oxygen atoms in total. The lowest BCUT2D eigenvalue weighted by atomic mass is 9.91. The summed E-state index contributed by atoms with van der Waals surface area (Å²) in [6, 6.07) is 25.6. The number of urea groups is 1. The van der Waals surface area contributed by atoms with Crippen LogP contribution in [0.1, 0.15) is 34.2 Å². The molecule has 0 saturated heterocycles. The van der Waals surface area contributed by atoms with Crippen molar-refractivity contribution in [1.82, 2.24) is 15.6 Å². The molecule has 0 radical (unpaired) electrons. The Balaban J connectivity index is 1.35. The van der Waals surface area contributed by atoms with Crippen molar-refractivity contribution in [2.24, 2.45) is 0 Å². The Bertz CT molecular complexity index is 1200. The smallest absolute Gasteiger partial charge is 0.315 e. The zero-order valence-electron chi connectivity index (χ0n) is 17.1. The normalized spacial score (nSPS) is 18.5. The zero-order chi connectivity index (χ0) is 21.2. The van der Waals surface area contributed by atoms with Crippen molar-refractivity contribution >= 4 is 16.9 Å². The minimum Gasteiger partial charge on any atom is -0.390 e. The summed E-state index contributed by atoms with van der Waals surface area (Å²) in [5.41, 5.74) is 5.43. The lowest BCUT2D eigenvalue weighted by Gasteiger charge is -2.21. The van der Waals surface area contributed by atoms with Gasteiger partial charge in [-0.3, -0.25) is 0 Å². The number of fused-ring (bicyclic) bond motifs is 2. The van der Waals surface area contributed by atoms with Crippen molar-refractivity contribution in [3.05, 3.63) is 107 Å². The molecule has 3 aromatic carbocycles. The van der Waals surface area contributed by atoms with Gasteiger partial charge in [0.2, 0.25) is 0 Å². The Labute approximate surface area is 181 Å². The lowest BCUT2D eigenvalue weighted by Crippen LogP contribution is -2.42. The highest BCUT2D eigenvalue weighted by molar-refractivity contribution is 5.84. The first-order chi connectivity index (χ1) is 15.2. The molecule has 0 fully saturated rings. The van der Waals surface area contributed by atoms with Gasteiger partial charge >= 0.3 is 6.03 Å². The molecule has 5 heteroatoms. The predicted molar refractivity (Wildman–Crippen MR) is 122 cm³/mol. The summed E-state index contributed by atoms with van der Waals surface area (Å²) in [7, 11) is 0. The van der Waals surface area contributed by atoms with Crippen LogP contribution >= 0.6 is 0 Å². The molecular formula is C26H25N3O2. The van der Waals surface area contributed by atoms with Crippen molar-refractivity contribution in [2.45, 2.75) is 24.5 Å². The number of hydrogen-bond donors (Lipinski definition) is 4. The largest absolute Gasteiger partial charge is 0.390 e. The van der Waals surface area contributed by atoms with Gasteiger partial charge < -0.3 is 20.7 Å². The number of aliphatic hydroxyl groups excluding tert-OH is 1. The monoisotopic (exact) mass is 411 g/mol. The SMILES string of the molecule is O=C(NCC(c1ccccc1)c1c[nH]c2ccccc12)N[C@@H]1c2ccccc2C[C@@H]1O. The first-order valence-electron chi connectivity index (χ1n) is 10.6. The zero-order valence-corrected chi connectivity index (χ0v) is 17.1. The third-order valence-electron chi connectivity index (χ3n) is 6.16. The van der Waals surface area contributed by atoms with Gasteiger partial charge in [-0.25, -0.2) is 4.79 Å². The van der Waals surface area contributed by atoms with Crippen LogP contribution in [0.3, 0.4) is 0 Å². The van der Waals surface area contributed by atoms with Crippen LogP contribution in [0.2, 0.25) is 0 Å². The van der Waals surface area contributed by atoms with Gasteiger partial charge in [0.05, 0.1) is 12.1 Å². The summed E-state index contributed by atoms with van der Waals surface area (Å²) in [6.45, 7) is 0.447. The summed E-state index contributed by atoms with van der Waals surface area (Å²) in [4.78, 5) is 16.1. The number of carbonyl (C=O) groups excluding carboxylic acids is 1. The second-order valence-corrected chi connectivity index (χ2v) is 8.06. The summed E-state index contributed by atoms with van der Waals surface area (Å²) >= 11 is 0. The Morgan fingerprint density at radius 2 is 1.74 bits per heavy atom. The molecule has 4 N–H and O–H groups in total. The van der Waals surface area contributed by atoms with E-state index in [1.807, 2.05) is 60.8 Å². The molecule has 0 bridgehead atoms. The molecule has 4 aromatic rings. The van der Waals surface area contributed by atoms with E-state index in [0.29, 0.717) is 13.0 Å². The Morgan fingerprint density at radius 3 is 2.61 bits per heavy atom. The van der Waals surface area contributed by atoms with Crippen molar-refractivity contribution in [3.8, 4) is 0 Å². The molecule has 3 atom stereocenters. The fourth-order valence-electron chi connectivity index (χ4n) is 4.61. The standard InChI is InChI=1S/C26H25N3O2/c30-24-14-18-10-4-5-11-19(18)25(24)29-26(31)28-15-21(17-8-2-1-3-9-17)22-16-27-23-13-7-6-12-20(22)23/h1-13,16,21,24-25,27,30H,14-15H2,(H2,28,29,31)/t21?,24-,25+/m0/s1. The van der Waals surface area contributed by atoms with Crippen LogP contribution in [-0.4, -0.2) is 28.8 Å². The van der Waals surface area contributed by atoms with Gasteiger partial charge in [-0.1, -0.05) is 72.8 Å². The van der Waals surface area contributed by atoms with Crippen LogP contribution in [0, 0.1) is 0 Å². The number of nitrogens with one attached hydrogen (secondary N) is 3. The van der Waals surface area contributed by atoms with Crippen LogP contribution in [0.5, 0.6) is 0 Å². The van der Waals surface area contributed by atoms with E-state index < -0.39 is 6.10 Å². The Morgan fingerprint density at radius 1 is 1.00 bits per heavy atom. The van der Waals surface area contributed by atoms with E-state index in [1.54, 1.807) is 0 Å². The van der Waals surface area contributed by atoms with E-state index in [9.17, 15) is 9.90 Å². The van der Waals surface area contributed by atoms with E-state index in [0.717, 1.165) is 33.2 Å². The van der Waals surface area contributed by atoms with Gasteiger partial charge in [-0.15, -0.1) is 0 Å². The highest BCUT2D eigenvalue weighted by Crippen LogP contribution is 2.32. The van der Waals surface area contributed by atoms with Crippen molar-refractivity contribution < 1.29 is 9.90 Å². The quantitative estimate of drug-likeness (QED) is 0.396. The Hall–Kier alpha value is -3.57. The van der Waals surface area contributed by atoms with E-state index >= 15 is 0 Å². The molecule has 1 aliphatic carbocycles. The van der Waals surface area contributed by atoms with E-state index in [-0.39, 0.29) is 18.0 Å². The molecule has 2 amide bonds. The Kier molecular flexibility index (Phi) is 5.18. The average Bonchev–Trinajstić information content (AvgIpc) is 3.36. The van der Waals surface area contributed by atoms with Gasteiger partial charge in [0.1, 0.15) is 0 Å². The molecular weight excluding hydrogens is 386 g/mol. The number of benzene rings is 3. The van der Waals surface area contributed by atoms with E-state index in [2.05, 4.69) is 39.9 Å². The number of aromatic amines is 1. The maximum absolute atomic E-state index is 12.8. The first-order valence-corrected chi connectivity index (χ1v) is 10.6. The number of amides is 2. The van der Waals surface area contributed by atoms with Crippen molar-refractivity contribution in [1.29, 1.82) is 0 Å². The van der Waals surface area contributed by atoms with Gasteiger partial charge in [0.15, 0.2) is 0 Å². The number of rotatable bonds is 5. The van der Waals surface area contributed by atoms with Gasteiger partial charge in [0.25, 0.3) is 0 Å². The highest BCUT2D eigenvalue weighted by atomic mass is 16.3. The molecule has 1 heterocycles. The minimum atomic E-state index is -0.610. The summed E-state index contributed by atoms with van der Waals surface area (Å²) in [6.07, 6.45) is 1.98. The molecule has 156 valence electrons. The number of aliphatic hydroxyl groups is 1. The maximum Gasteiger partial charge on any atom is 0.315 e. The van der Waals surface area contributed by atoms with Gasteiger partial charge in [-0.2, -0.15) is 0 Å². The predicted octanol–water partition coefficient (Wildman–Crippen LogP) is 4.26. The summed E-state index contributed by atoms with van der Waals surface area (Å²) in [5.74, 6) is 0.00360. The summed E-state index contributed by atoms with van der Waals surface area (Å²) < 4.78 is 0. The number of H-pyrrole nitrogens is 1. The first kappa shape index (κ1) is 19.4. The molecule has 5 rings (SSSR count). The highest BCUT2D eigenvalue weighted by Gasteiger charge is 2.32. The number of aromatic nitrogens is 1. The lowest BCUT2D eigenvalue weighted by molar-refractivity contribution is 0.142. The maximum atomic E-state index is 12.8. The molecule has 0 saturated carbocycles. The summed E-state index contributed by atoms with van der Waals surface area (Å²) in [5, 5.41) is 17.6. The second-order valence-electron chi connectivity index (χ2n) is 8.06. The van der Waals surface area contributed by atoms with Crippen LogP contribution in [-0.2, 0) is 6.42 Å². The van der Waals surface area contributed by atoms with Crippen molar-refractivity contribution in [2.75, 3.05) is 6.54 Å².